The van der Waals surface area contributed by atoms with Crippen LogP contribution in [-0.2, 0) is 11.3 Å². The Morgan fingerprint density at radius 3 is 2.54 bits per heavy atom. The molecule has 2 aliphatic rings. The first-order valence-electron chi connectivity index (χ1n) is 12.7. The van der Waals surface area contributed by atoms with Crippen LogP contribution in [0.3, 0.4) is 0 Å². The SMILES string of the molecule is Cc1ccc(-n2nc3c(N4CCC(C(=O)NCc5ccc6c(c5)OCO6)CC4)nnc(C)c3c2C)cc1. The summed E-state index contributed by atoms with van der Waals surface area (Å²) in [5.41, 5.74) is 5.99. The normalized spacial score (nSPS) is 15.4. The average molecular weight is 499 g/mol. The summed E-state index contributed by atoms with van der Waals surface area (Å²) >= 11 is 0. The lowest BCUT2D eigenvalue weighted by Gasteiger charge is -2.32. The van der Waals surface area contributed by atoms with Crippen molar-refractivity contribution in [2.75, 3.05) is 24.8 Å². The molecule has 1 fully saturated rings. The number of nitrogens with one attached hydrogen (secondary N) is 1. The van der Waals surface area contributed by atoms with Gasteiger partial charge < -0.3 is 19.7 Å². The van der Waals surface area contributed by atoms with E-state index in [1.807, 2.05) is 29.8 Å². The number of piperidine rings is 1. The molecule has 4 heterocycles. The van der Waals surface area contributed by atoms with Gasteiger partial charge in [-0.15, -0.1) is 5.10 Å². The van der Waals surface area contributed by atoms with Gasteiger partial charge in [0.25, 0.3) is 0 Å². The van der Waals surface area contributed by atoms with Gasteiger partial charge in [0.2, 0.25) is 12.7 Å². The van der Waals surface area contributed by atoms with Gasteiger partial charge >= 0.3 is 0 Å². The van der Waals surface area contributed by atoms with Crippen LogP contribution < -0.4 is 19.7 Å². The van der Waals surface area contributed by atoms with Gasteiger partial charge in [0.05, 0.1) is 22.5 Å². The molecule has 9 heteroatoms. The van der Waals surface area contributed by atoms with Crippen molar-refractivity contribution in [3.63, 3.8) is 0 Å². The standard InChI is InChI=1S/C28H30N6O3/c1-17-4-7-22(8-5-17)34-19(3)25-18(2)30-31-27(26(25)32-34)33-12-10-21(11-13-33)28(35)29-15-20-6-9-23-24(14-20)37-16-36-23/h4-9,14,21H,10-13,15-16H2,1-3H3,(H,29,35). The maximum Gasteiger partial charge on any atom is 0.231 e. The lowest BCUT2D eigenvalue weighted by Crippen LogP contribution is -2.40. The number of nitrogens with zero attached hydrogens (tertiary/aromatic N) is 5. The van der Waals surface area contributed by atoms with E-state index < -0.39 is 0 Å². The molecule has 0 aliphatic carbocycles. The molecule has 2 aromatic carbocycles. The minimum atomic E-state index is -0.0361. The summed E-state index contributed by atoms with van der Waals surface area (Å²) in [6.45, 7) is 8.29. The van der Waals surface area contributed by atoms with Crippen molar-refractivity contribution in [2.24, 2.45) is 5.92 Å². The molecule has 0 unspecified atom stereocenters. The Bertz CT molecular complexity index is 1470. The van der Waals surface area contributed by atoms with Gasteiger partial charge in [0.15, 0.2) is 17.3 Å². The molecule has 2 aromatic heterocycles. The molecule has 1 saturated heterocycles. The number of anilines is 1. The van der Waals surface area contributed by atoms with E-state index in [1.165, 1.54) is 5.56 Å². The predicted octanol–water partition coefficient (Wildman–Crippen LogP) is 4.00. The van der Waals surface area contributed by atoms with Crippen LogP contribution in [0.5, 0.6) is 11.5 Å². The van der Waals surface area contributed by atoms with Crippen molar-refractivity contribution in [1.82, 2.24) is 25.3 Å². The monoisotopic (exact) mass is 498 g/mol. The molecular formula is C28H30N6O3. The van der Waals surface area contributed by atoms with Gasteiger partial charge in [0, 0.05) is 25.6 Å². The fourth-order valence-corrected chi connectivity index (χ4v) is 5.20. The van der Waals surface area contributed by atoms with Crippen LogP contribution in [-0.4, -0.2) is 45.8 Å². The second-order valence-electron chi connectivity index (χ2n) is 9.83. The first kappa shape index (κ1) is 23.3. The van der Waals surface area contributed by atoms with Crippen molar-refractivity contribution in [1.29, 1.82) is 0 Å². The third-order valence-corrected chi connectivity index (χ3v) is 7.33. The summed E-state index contributed by atoms with van der Waals surface area (Å²) < 4.78 is 12.8. The maximum absolute atomic E-state index is 12.9. The molecule has 0 atom stereocenters. The first-order valence-corrected chi connectivity index (χ1v) is 12.7. The zero-order valence-corrected chi connectivity index (χ0v) is 21.3. The van der Waals surface area contributed by atoms with Crippen molar-refractivity contribution < 1.29 is 14.3 Å². The Kier molecular flexibility index (Phi) is 5.90. The van der Waals surface area contributed by atoms with E-state index in [4.69, 9.17) is 14.6 Å². The van der Waals surface area contributed by atoms with Gasteiger partial charge in [-0.2, -0.15) is 10.2 Å². The van der Waals surface area contributed by atoms with Gasteiger partial charge in [-0.05, 0) is 63.4 Å². The van der Waals surface area contributed by atoms with Gasteiger partial charge in [-0.25, -0.2) is 4.68 Å². The van der Waals surface area contributed by atoms with Crippen LogP contribution >= 0.6 is 0 Å². The van der Waals surface area contributed by atoms with E-state index in [1.54, 1.807) is 0 Å². The van der Waals surface area contributed by atoms with Crippen LogP contribution in [0.15, 0.2) is 42.5 Å². The summed E-state index contributed by atoms with van der Waals surface area (Å²) in [7, 11) is 0. The number of fused-ring (bicyclic) bond motifs is 2. The lowest BCUT2D eigenvalue weighted by molar-refractivity contribution is -0.125. The highest BCUT2D eigenvalue weighted by atomic mass is 16.7. The summed E-state index contributed by atoms with van der Waals surface area (Å²) in [4.78, 5) is 15.1. The molecule has 1 amide bonds. The van der Waals surface area contributed by atoms with Gasteiger partial charge in [0.1, 0.15) is 5.52 Å². The summed E-state index contributed by atoms with van der Waals surface area (Å²) in [5.74, 6) is 2.30. The smallest absolute Gasteiger partial charge is 0.231 e. The number of hydrogen-bond donors (Lipinski definition) is 1. The highest BCUT2D eigenvalue weighted by Crippen LogP contribution is 2.33. The van der Waals surface area contributed by atoms with Crippen molar-refractivity contribution >= 4 is 22.6 Å². The van der Waals surface area contributed by atoms with Crippen molar-refractivity contribution in [3.8, 4) is 17.2 Å². The molecule has 37 heavy (non-hydrogen) atoms. The highest BCUT2D eigenvalue weighted by molar-refractivity contribution is 5.92. The third-order valence-electron chi connectivity index (χ3n) is 7.33. The minimum absolute atomic E-state index is 0.0361. The number of ether oxygens (including phenoxy) is 2. The zero-order chi connectivity index (χ0) is 25.5. The molecule has 0 saturated carbocycles. The molecule has 0 radical (unpaired) electrons. The van der Waals surface area contributed by atoms with Crippen molar-refractivity contribution in [3.05, 3.63) is 65.0 Å². The minimum Gasteiger partial charge on any atom is -0.454 e. The van der Waals surface area contributed by atoms with Crippen molar-refractivity contribution in [2.45, 2.75) is 40.2 Å². The molecule has 2 aliphatic heterocycles. The van der Waals surface area contributed by atoms with Gasteiger partial charge in [-0.3, -0.25) is 4.79 Å². The second-order valence-corrected chi connectivity index (χ2v) is 9.83. The Labute approximate surface area is 215 Å². The average Bonchev–Trinajstić information content (AvgIpc) is 3.53. The number of benzene rings is 2. The fraction of sp³-hybridized carbons (Fsp3) is 0.357. The Hall–Kier alpha value is -4.14. The topological polar surface area (TPSA) is 94.4 Å². The van der Waals surface area contributed by atoms with Crippen LogP contribution in [0.25, 0.3) is 16.6 Å². The number of aromatic nitrogens is 4. The Morgan fingerprint density at radius 2 is 1.76 bits per heavy atom. The molecular weight excluding hydrogens is 468 g/mol. The Morgan fingerprint density at radius 1 is 1.00 bits per heavy atom. The second kappa shape index (κ2) is 9.38. The van der Waals surface area contributed by atoms with E-state index in [9.17, 15) is 4.79 Å². The number of rotatable bonds is 5. The molecule has 190 valence electrons. The zero-order valence-electron chi connectivity index (χ0n) is 21.3. The predicted molar refractivity (Wildman–Crippen MR) is 140 cm³/mol. The van der Waals surface area contributed by atoms with E-state index in [0.717, 1.165) is 76.8 Å². The lowest BCUT2D eigenvalue weighted by atomic mass is 9.95. The number of hydrogen-bond acceptors (Lipinski definition) is 7. The molecule has 6 rings (SSSR count). The molecule has 0 spiro atoms. The first-order chi connectivity index (χ1) is 18.0. The van der Waals surface area contributed by atoms with E-state index in [0.29, 0.717) is 6.54 Å². The number of amides is 1. The van der Waals surface area contributed by atoms with Crippen LogP contribution in [0.2, 0.25) is 0 Å². The maximum atomic E-state index is 12.9. The summed E-state index contributed by atoms with van der Waals surface area (Å²) in [6.07, 6.45) is 1.50. The molecule has 0 bridgehead atoms. The Balaban J connectivity index is 1.15. The van der Waals surface area contributed by atoms with Crippen LogP contribution in [0, 0.1) is 26.7 Å². The van der Waals surface area contributed by atoms with E-state index >= 15 is 0 Å². The third kappa shape index (κ3) is 4.34. The number of carbonyl (C=O) groups excluding carboxylic acids is 1. The number of carbonyl (C=O) groups is 1. The van der Waals surface area contributed by atoms with Crippen LogP contribution in [0.1, 0.15) is 35.4 Å². The van der Waals surface area contributed by atoms with Gasteiger partial charge in [-0.1, -0.05) is 23.8 Å². The highest BCUT2D eigenvalue weighted by Gasteiger charge is 2.28. The molecule has 4 aromatic rings. The molecule has 1 N–H and O–H groups in total. The van der Waals surface area contributed by atoms with E-state index in [-0.39, 0.29) is 18.6 Å². The summed E-state index contributed by atoms with van der Waals surface area (Å²) in [6, 6.07) is 14.1. The quantitative estimate of drug-likeness (QED) is 0.444. The molecule has 9 nitrogen and oxygen atoms in total. The number of aryl methyl sites for hydroxylation is 3. The van der Waals surface area contributed by atoms with Crippen LogP contribution in [0.4, 0.5) is 5.82 Å². The fourth-order valence-electron chi connectivity index (χ4n) is 5.20. The summed E-state index contributed by atoms with van der Waals surface area (Å²) in [5, 5.41) is 18.1. The van der Waals surface area contributed by atoms with E-state index in [2.05, 4.69) is 58.5 Å². The largest absolute Gasteiger partial charge is 0.454 e.